The molecule has 1 aromatic heterocycles. The highest BCUT2D eigenvalue weighted by Crippen LogP contribution is 2.35. The molecule has 0 fully saturated rings. The molecular weight excluding hydrogens is 220 g/mol. The lowest BCUT2D eigenvalue weighted by Crippen LogP contribution is -1.73. The van der Waals surface area contributed by atoms with Crippen LogP contribution in [0.2, 0.25) is 5.02 Å². The van der Waals surface area contributed by atoms with E-state index in [1.165, 1.54) is 20.5 Å². The fourth-order valence-corrected chi connectivity index (χ4v) is 3.51. The Labute approximate surface area is 90.9 Å². The van der Waals surface area contributed by atoms with Crippen LogP contribution < -0.4 is 0 Å². The van der Waals surface area contributed by atoms with E-state index < -0.39 is 0 Å². The van der Waals surface area contributed by atoms with Gasteiger partial charge in [-0.25, -0.2) is 0 Å². The highest BCUT2D eigenvalue weighted by atomic mass is 35.5. The molecule has 68 valence electrons. The summed E-state index contributed by atoms with van der Waals surface area (Å²) in [6.45, 7) is 2.12. The molecule has 0 atom stereocenters. The van der Waals surface area contributed by atoms with Gasteiger partial charge in [-0.3, -0.25) is 0 Å². The van der Waals surface area contributed by atoms with E-state index in [1.54, 1.807) is 23.1 Å². The summed E-state index contributed by atoms with van der Waals surface area (Å²) in [4.78, 5) is 1.28. The number of aryl methyl sites for hydroxylation is 1. The third-order valence-corrected chi connectivity index (χ3v) is 4.27. The fraction of sp³-hybridized carbons (Fsp3) is 0.200. The Morgan fingerprint density at radius 2 is 2.15 bits per heavy atom. The second-order valence-electron chi connectivity index (χ2n) is 2.90. The van der Waals surface area contributed by atoms with Crippen molar-refractivity contribution in [2.75, 3.05) is 6.26 Å². The van der Waals surface area contributed by atoms with E-state index in [1.807, 2.05) is 12.1 Å². The smallest absolute Gasteiger partial charge is 0.0482 e. The first-order valence-corrected chi connectivity index (χ1v) is 6.42. The second-order valence-corrected chi connectivity index (χ2v) is 5.07. The molecule has 0 N–H and O–H groups in total. The van der Waals surface area contributed by atoms with Crippen molar-refractivity contribution in [1.82, 2.24) is 0 Å². The molecule has 0 saturated carbocycles. The monoisotopic (exact) mass is 228 g/mol. The van der Waals surface area contributed by atoms with E-state index in [-0.39, 0.29) is 0 Å². The highest BCUT2D eigenvalue weighted by molar-refractivity contribution is 7.99. The van der Waals surface area contributed by atoms with Crippen molar-refractivity contribution in [2.24, 2.45) is 0 Å². The first-order valence-electron chi connectivity index (χ1n) is 3.93. The number of hydrogen-bond acceptors (Lipinski definition) is 2. The minimum Gasteiger partial charge on any atom is -0.142 e. The average Bonchev–Trinajstić information content (AvgIpc) is 2.47. The lowest BCUT2D eigenvalue weighted by molar-refractivity contribution is 1.55. The quantitative estimate of drug-likeness (QED) is 0.644. The summed E-state index contributed by atoms with van der Waals surface area (Å²) in [5, 5.41) is 4.31. The molecule has 1 aromatic carbocycles. The van der Waals surface area contributed by atoms with Gasteiger partial charge in [0.25, 0.3) is 0 Å². The second kappa shape index (κ2) is 3.52. The fourth-order valence-electron chi connectivity index (χ4n) is 1.35. The van der Waals surface area contributed by atoms with Gasteiger partial charge in [-0.05, 0) is 41.6 Å². The molecular formula is C10H9ClS2. The van der Waals surface area contributed by atoms with E-state index in [9.17, 15) is 0 Å². The summed E-state index contributed by atoms with van der Waals surface area (Å²) < 4.78 is 1.36. The van der Waals surface area contributed by atoms with Crippen molar-refractivity contribution in [3.63, 3.8) is 0 Å². The van der Waals surface area contributed by atoms with Crippen molar-refractivity contribution < 1.29 is 0 Å². The number of fused-ring (bicyclic) bond motifs is 1. The molecule has 0 aliphatic heterocycles. The molecule has 0 unspecified atom stereocenters. The summed E-state index contributed by atoms with van der Waals surface area (Å²) in [5.41, 5.74) is 1.32. The van der Waals surface area contributed by atoms with Crippen LogP contribution in [0, 0.1) is 6.92 Å². The van der Waals surface area contributed by atoms with E-state index in [0.29, 0.717) is 0 Å². The van der Waals surface area contributed by atoms with E-state index in [0.717, 1.165) is 5.02 Å². The molecule has 0 saturated heterocycles. The van der Waals surface area contributed by atoms with Crippen LogP contribution >= 0.6 is 34.7 Å². The summed E-state index contributed by atoms with van der Waals surface area (Å²) in [6.07, 6.45) is 2.08. The normalized spacial score (nSPS) is 11.0. The molecule has 0 bridgehead atoms. The number of thioether (sulfide) groups is 1. The van der Waals surface area contributed by atoms with Gasteiger partial charge in [-0.1, -0.05) is 11.6 Å². The SMILES string of the molecule is CSc1cc(Cl)cc2c(C)csc12. The molecule has 0 aliphatic rings. The van der Waals surface area contributed by atoms with Crippen LogP contribution in [0.15, 0.2) is 22.4 Å². The minimum atomic E-state index is 0.832. The molecule has 0 amide bonds. The van der Waals surface area contributed by atoms with Gasteiger partial charge in [-0.2, -0.15) is 0 Å². The molecule has 0 radical (unpaired) electrons. The number of hydrogen-bond donors (Lipinski definition) is 0. The van der Waals surface area contributed by atoms with Gasteiger partial charge in [-0.15, -0.1) is 23.1 Å². The molecule has 0 spiro atoms. The Balaban J connectivity index is 2.84. The standard InChI is InChI=1S/C10H9ClS2/c1-6-5-13-10-8(6)3-7(11)4-9(10)12-2/h3-5H,1-2H3. The van der Waals surface area contributed by atoms with Crippen LogP contribution in [0.25, 0.3) is 10.1 Å². The Hall–Kier alpha value is -0.180. The Morgan fingerprint density at radius 1 is 1.38 bits per heavy atom. The maximum atomic E-state index is 6.02. The molecule has 13 heavy (non-hydrogen) atoms. The predicted molar refractivity (Wildman–Crippen MR) is 63.4 cm³/mol. The third kappa shape index (κ3) is 1.58. The Kier molecular flexibility index (Phi) is 2.54. The van der Waals surface area contributed by atoms with Crippen molar-refractivity contribution >= 4 is 44.8 Å². The molecule has 1 heterocycles. The number of halogens is 1. The summed E-state index contributed by atoms with van der Waals surface area (Å²) >= 11 is 9.57. The highest BCUT2D eigenvalue weighted by Gasteiger charge is 2.06. The number of thiophene rings is 1. The average molecular weight is 229 g/mol. The van der Waals surface area contributed by atoms with Crippen LogP contribution in [-0.2, 0) is 0 Å². The molecule has 3 heteroatoms. The molecule has 2 aromatic rings. The van der Waals surface area contributed by atoms with Gasteiger partial charge in [0.2, 0.25) is 0 Å². The van der Waals surface area contributed by atoms with Gasteiger partial charge in [0.15, 0.2) is 0 Å². The van der Waals surface area contributed by atoms with Gasteiger partial charge in [0, 0.05) is 14.6 Å². The minimum absolute atomic E-state index is 0.832. The van der Waals surface area contributed by atoms with Crippen molar-refractivity contribution in [3.8, 4) is 0 Å². The van der Waals surface area contributed by atoms with Crippen LogP contribution in [0.4, 0.5) is 0 Å². The molecule has 0 nitrogen and oxygen atoms in total. The van der Waals surface area contributed by atoms with Crippen LogP contribution in [-0.4, -0.2) is 6.26 Å². The van der Waals surface area contributed by atoms with E-state index in [2.05, 4.69) is 18.6 Å². The Bertz CT molecular complexity index is 445. The van der Waals surface area contributed by atoms with Gasteiger partial charge >= 0.3 is 0 Å². The van der Waals surface area contributed by atoms with Crippen LogP contribution in [0.1, 0.15) is 5.56 Å². The number of rotatable bonds is 1. The maximum Gasteiger partial charge on any atom is 0.0482 e. The lowest BCUT2D eigenvalue weighted by Gasteiger charge is -2.00. The maximum absolute atomic E-state index is 6.02. The lowest BCUT2D eigenvalue weighted by atomic mass is 10.2. The van der Waals surface area contributed by atoms with Gasteiger partial charge < -0.3 is 0 Å². The summed E-state index contributed by atoms with van der Waals surface area (Å²) in [7, 11) is 0. The van der Waals surface area contributed by atoms with Crippen LogP contribution in [0.3, 0.4) is 0 Å². The third-order valence-electron chi connectivity index (χ3n) is 2.02. The predicted octanol–water partition coefficient (Wildman–Crippen LogP) is 4.59. The zero-order valence-corrected chi connectivity index (χ0v) is 9.82. The zero-order chi connectivity index (χ0) is 9.42. The van der Waals surface area contributed by atoms with Crippen molar-refractivity contribution in [3.05, 3.63) is 28.1 Å². The molecule has 2 rings (SSSR count). The van der Waals surface area contributed by atoms with E-state index in [4.69, 9.17) is 11.6 Å². The molecule has 0 aliphatic carbocycles. The van der Waals surface area contributed by atoms with Crippen molar-refractivity contribution in [1.29, 1.82) is 0 Å². The van der Waals surface area contributed by atoms with E-state index >= 15 is 0 Å². The number of benzene rings is 1. The first kappa shape index (κ1) is 9.38. The first-order chi connectivity index (χ1) is 6.22. The van der Waals surface area contributed by atoms with Gasteiger partial charge in [0.1, 0.15) is 0 Å². The topological polar surface area (TPSA) is 0 Å². The largest absolute Gasteiger partial charge is 0.142 e. The van der Waals surface area contributed by atoms with Crippen LogP contribution in [0.5, 0.6) is 0 Å². The summed E-state index contributed by atoms with van der Waals surface area (Å²) in [6, 6.07) is 4.08. The Morgan fingerprint density at radius 3 is 2.85 bits per heavy atom. The van der Waals surface area contributed by atoms with Gasteiger partial charge in [0.05, 0.1) is 0 Å². The zero-order valence-electron chi connectivity index (χ0n) is 7.43. The van der Waals surface area contributed by atoms with Crippen molar-refractivity contribution in [2.45, 2.75) is 11.8 Å². The summed E-state index contributed by atoms with van der Waals surface area (Å²) in [5.74, 6) is 0.